The molecule has 5 nitrogen and oxygen atoms in total. The van der Waals surface area contributed by atoms with Gasteiger partial charge in [0.05, 0.1) is 5.56 Å². The Balaban J connectivity index is 2.79. The third-order valence-corrected chi connectivity index (χ3v) is 1.48. The van der Waals surface area contributed by atoms with Crippen LogP contribution < -0.4 is 5.73 Å². The quantitative estimate of drug-likeness (QED) is 0.526. The van der Waals surface area contributed by atoms with Gasteiger partial charge in [-0.25, -0.2) is 0 Å². The molecule has 0 saturated carbocycles. The molecular weight excluding hydrogens is 144 g/mol. The van der Waals surface area contributed by atoms with Gasteiger partial charge in [-0.1, -0.05) is 0 Å². The van der Waals surface area contributed by atoms with Crippen molar-refractivity contribution in [3.8, 4) is 11.4 Å². The molecule has 0 unspecified atom stereocenters. The summed E-state index contributed by atoms with van der Waals surface area (Å²) in [6.45, 7) is 0. The van der Waals surface area contributed by atoms with Gasteiger partial charge in [-0.3, -0.25) is 0 Å². The van der Waals surface area contributed by atoms with Gasteiger partial charge in [-0.05, 0) is 12.1 Å². The maximum atomic E-state index is 9.14. The molecule has 0 aliphatic carbocycles. The van der Waals surface area contributed by atoms with Gasteiger partial charge in [-0.15, -0.1) is 10.2 Å². The second-order valence-corrected chi connectivity index (χ2v) is 2.18. The van der Waals surface area contributed by atoms with Crippen LogP contribution in [0.15, 0.2) is 18.3 Å². The lowest BCUT2D eigenvalue weighted by Gasteiger charge is -2.00. The van der Waals surface area contributed by atoms with Crippen molar-refractivity contribution in [3.05, 3.63) is 18.3 Å². The lowest BCUT2D eigenvalue weighted by atomic mass is 10.2. The number of hydrogen-bond acceptors (Lipinski definition) is 4. The topological polar surface area (TPSA) is 77.0 Å². The number of anilines is 1. The van der Waals surface area contributed by atoms with Crippen LogP contribution in [0.2, 0.25) is 0 Å². The van der Waals surface area contributed by atoms with Crippen molar-refractivity contribution in [2.45, 2.75) is 0 Å². The van der Waals surface area contributed by atoms with Crippen LogP contribution in [0, 0.1) is 0 Å². The van der Waals surface area contributed by atoms with Gasteiger partial charge in [0.15, 0.2) is 5.82 Å². The molecule has 0 atom stereocenters. The van der Waals surface area contributed by atoms with E-state index < -0.39 is 0 Å². The molecule has 56 valence electrons. The van der Waals surface area contributed by atoms with Crippen molar-refractivity contribution in [1.29, 1.82) is 0 Å². The van der Waals surface area contributed by atoms with Gasteiger partial charge in [0.1, 0.15) is 0 Å². The zero-order chi connectivity index (χ0) is 7.84. The molecule has 0 fully saturated rings. The summed E-state index contributed by atoms with van der Waals surface area (Å²) in [5.74, 6) is 0.716. The van der Waals surface area contributed by atoms with Gasteiger partial charge in [0.25, 0.3) is 0 Å². The number of hydrogen-bond donors (Lipinski definition) is 2. The third kappa shape index (κ3) is 0.706. The van der Waals surface area contributed by atoms with Crippen molar-refractivity contribution in [2.24, 2.45) is 0 Å². The van der Waals surface area contributed by atoms with E-state index in [2.05, 4.69) is 10.2 Å². The first-order valence-corrected chi connectivity index (χ1v) is 3.07. The van der Waals surface area contributed by atoms with E-state index in [0.29, 0.717) is 17.2 Å². The summed E-state index contributed by atoms with van der Waals surface area (Å²) >= 11 is 0. The molecule has 0 bridgehead atoms. The Morgan fingerprint density at radius 2 is 2.27 bits per heavy atom. The van der Waals surface area contributed by atoms with Crippen LogP contribution in [0.4, 0.5) is 5.82 Å². The van der Waals surface area contributed by atoms with E-state index in [9.17, 15) is 0 Å². The number of aromatic nitrogens is 3. The summed E-state index contributed by atoms with van der Waals surface area (Å²) in [7, 11) is 0. The second-order valence-electron chi connectivity index (χ2n) is 2.18. The van der Waals surface area contributed by atoms with E-state index in [-0.39, 0.29) is 0 Å². The molecule has 2 heterocycles. The Bertz CT molecular complexity index is 356. The lowest BCUT2D eigenvalue weighted by Crippen LogP contribution is -1.97. The number of pyridine rings is 1. The van der Waals surface area contributed by atoms with Crippen molar-refractivity contribution < 1.29 is 5.21 Å². The maximum Gasteiger partial charge on any atom is 0.200 e. The number of fused-ring (bicyclic) bond motifs is 1. The average molecular weight is 150 g/mol. The van der Waals surface area contributed by atoms with Crippen LogP contribution in [-0.4, -0.2) is 20.1 Å². The fraction of sp³-hybridized carbons (Fsp3) is 0. The normalized spacial score (nSPS) is 10.5. The van der Waals surface area contributed by atoms with E-state index >= 15 is 0 Å². The van der Waals surface area contributed by atoms with Crippen LogP contribution in [0.5, 0.6) is 0 Å². The molecule has 11 heavy (non-hydrogen) atoms. The molecule has 3 N–H and O–H groups in total. The summed E-state index contributed by atoms with van der Waals surface area (Å²) in [6, 6.07) is 3.42. The maximum absolute atomic E-state index is 9.14. The third-order valence-electron chi connectivity index (χ3n) is 1.48. The Morgan fingerprint density at radius 3 is 3.00 bits per heavy atom. The molecular formula is C6H6N4O. The van der Waals surface area contributed by atoms with Crippen LogP contribution in [0.1, 0.15) is 0 Å². The molecule has 0 amide bonds. The molecule has 0 aromatic carbocycles. The molecule has 0 aromatic heterocycles. The standard InChI is InChI=1S/C6H6N4O/c7-5-4-2-1-3-10(11)6(4)9-8-5/h1-3,11H,(H2,7,8). The monoisotopic (exact) mass is 150 g/mol. The van der Waals surface area contributed by atoms with Gasteiger partial charge in [0, 0.05) is 6.20 Å². The van der Waals surface area contributed by atoms with Gasteiger partial charge >= 0.3 is 0 Å². The number of nitrogens with two attached hydrogens (primary N) is 1. The van der Waals surface area contributed by atoms with Crippen molar-refractivity contribution in [3.63, 3.8) is 0 Å². The van der Waals surface area contributed by atoms with Crippen LogP contribution in [-0.2, 0) is 0 Å². The Kier molecular flexibility index (Phi) is 1.00. The average Bonchev–Trinajstić information content (AvgIpc) is 2.35. The predicted octanol–water partition coefficient (Wildman–Crippen LogP) is 0.202. The van der Waals surface area contributed by atoms with Crippen molar-refractivity contribution in [2.75, 3.05) is 5.73 Å². The van der Waals surface area contributed by atoms with Gasteiger partial charge in [0.2, 0.25) is 5.82 Å². The highest BCUT2D eigenvalue weighted by Gasteiger charge is 2.12. The fourth-order valence-corrected chi connectivity index (χ4v) is 0.944. The van der Waals surface area contributed by atoms with Crippen molar-refractivity contribution in [1.82, 2.24) is 14.9 Å². The van der Waals surface area contributed by atoms with Crippen LogP contribution >= 0.6 is 0 Å². The summed E-state index contributed by atoms with van der Waals surface area (Å²) < 4.78 is 0.888. The fourth-order valence-electron chi connectivity index (χ4n) is 0.944. The molecule has 2 aliphatic heterocycles. The largest absolute Gasteiger partial charge is 0.427 e. The van der Waals surface area contributed by atoms with E-state index in [1.165, 1.54) is 6.20 Å². The predicted molar refractivity (Wildman–Crippen MR) is 38.2 cm³/mol. The van der Waals surface area contributed by atoms with E-state index in [1.54, 1.807) is 12.1 Å². The van der Waals surface area contributed by atoms with Crippen molar-refractivity contribution >= 4 is 5.82 Å². The van der Waals surface area contributed by atoms with Crippen LogP contribution in [0.25, 0.3) is 11.4 Å². The highest BCUT2D eigenvalue weighted by atomic mass is 16.5. The highest BCUT2D eigenvalue weighted by Crippen LogP contribution is 2.22. The minimum Gasteiger partial charge on any atom is -0.427 e. The molecule has 5 heteroatoms. The molecule has 0 radical (unpaired) electrons. The minimum absolute atomic E-state index is 0.336. The number of rotatable bonds is 0. The summed E-state index contributed by atoms with van der Waals surface area (Å²) in [4.78, 5) is 0. The number of nitrogens with zero attached hydrogens (tertiary/aromatic N) is 3. The zero-order valence-electron chi connectivity index (χ0n) is 5.60. The first-order chi connectivity index (χ1) is 5.29. The number of nitrogen functional groups attached to an aromatic ring is 1. The van der Waals surface area contributed by atoms with E-state index in [4.69, 9.17) is 10.9 Å². The van der Waals surface area contributed by atoms with Crippen LogP contribution in [0.3, 0.4) is 0 Å². The summed E-state index contributed by atoms with van der Waals surface area (Å²) in [6.07, 6.45) is 1.47. The minimum atomic E-state index is 0.336. The molecule has 0 spiro atoms. The van der Waals surface area contributed by atoms with E-state index in [0.717, 1.165) is 4.73 Å². The SMILES string of the molecule is Nc1nnc2n(O)cccc1-2. The smallest absolute Gasteiger partial charge is 0.200 e. The Morgan fingerprint density at radius 1 is 1.45 bits per heavy atom. The molecule has 0 aromatic rings. The lowest BCUT2D eigenvalue weighted by molar-refractivity contribution is 0.186. The van der Waals surface area contributed by atoms with Gasteiger partial charge < -0.3 is 10.9 Å². The molecule has 2 rings (SSSR count). The highest BCUT2D eigenvalue weighted by molar-refractivity contribution is 5.69. The zero-order valence-corrected chi connectivity index (χ0v) is 5.60. The Hall–Kier alpha value is -1.78. The summed E-state index contributed by atoms with van der Waals surface area (Å²) in [5.41, 5.74) is 6.11. The Labute approximate surface area is 62.4 Å². The summed E-state index contributed by atoms with van der Waals surface area (Å²) in [5, 5.41) is 16.4. The van der Waals surface area contributed by atoms with Gasteiger partial charge in [-0.2, -0.15) is 4.73 Å². The van der Waals surface area contributed by atoms with E-state index in [1.807, 2.05) is 0 Å². The first-order valence-electron chi connectivity index (χ1n) is 3.07. The molecule has 0 saturated heterocycles. The second kappa shape index (κ2) is 1.85. The molecule has 2 aliphatic rings. The first kappa shape index (κ1) is 5.96.